The largest absolute Gasteiger partial charge is 0.365 e. The molecule has 38 heavy (non-hydrogen) atoms. The zero-order valence-electron chi connectivity index (χ0n) is 22.7. The number of hydrogen-bond acceptors (Lipinski definition) is 7. The van der Waals surface area contributed by atoms with Gasteiger partial charge in [0.2, 0.25) is 0 Å². The van der Waals surface area contributed by atoms with Gasteiger partial charge in [-0.25, -0.2) is 9.29 Å². The quantitative estimate of drug-likeness (QED) is 0.388. The second kappa shape index (κ2) is 10.2. The smallest absolute Gasteiger partial charge is 0.284 e. The Morgan fingerprint density at radius 2 is 1.68 bits per heavy atom. The molecule has 8 nitrogen and oxygen atoms in total. The van der Waals surface area contributed by atoms with Crippen molar-refractivity contribution >= 4 is 38.9 Å². The number of hydrogen-bond donors (Lipinski definition) is 0. The third-order valence-corrected chi connectivity index (χ3v) is 8.74. The lowest BCUT2D eigenvalue weighted by molar-refractivity contribution is 0.0882. The Morgan fingerprint density at radius 3 is 2.34 bits per heavy atom. The summed E-state index contributed by atoms with van der Waals surface area (Å²) < 4.78 is 27.9. The van der Waals surface area contributed by atoms with E-state index in [1.807, 2.05) is 18.2 Å². The third kappa shape index (κ3) is 5.15. The van der Waals surface area contributed by atoms with Gasteiger partial charge in [0, 0.05) is 37.4 Å². The van der Waals surface area contributed by atoms with Gasteiger partial charge in [0.15, 0.2) is 10.8 Å². The zero-order chi connectivity index (χ0) is 27.8. The Kier molecular flexibility index (Phi) is 7.34. The summed E-state index contributed by atoms with van der Waals surface area (Å²) in [6.45, 7) is 8.72. The number of ketones is 1. The molecule has 1 saturated heterocycles. The molecule has 1 amide bonds. The number of carbonyl (C=O) groups excluding carboxylic acids is 2. The summed E-state index contributed by atoms with van der Waals surface area (Å²) in [5.41, 5.74) is 2.11. The number of carbonyl (C=O) groups is 2. The van der Waals surface area contributed by atoms with Gasteiger partial charge in [-0.05, 0) is 69.5 Å². The zero-order valence-corrected chi connectivity index (χ0v) is 23.5. The van der Waals surface area contributed by atoms with E-state index in [0.717, 1.165) is 23.0 Å². The molecule has 1 aromatic heterocycles. The van der Waals surface area contributed by atoms with Gasteiger partial charge in [0.05, 0.1) is 11.3 Å². The Hall–Kier alpha value is -3.72. The van der Waals surface area contributed by atoms with Crippen LogP contribution in [0.25, 0.3) is 0 Å². The van der Waals surface area contributed by atoms with Crippen molar-refractivity contribution in [2.24, 2.45) is 5.92 Å². The topological polar surface area (TPSA) is 90.9 Å². The van der Waals surface area contributed by atoms with E-state index < -0.39 is 15.9 Å². The fraction of sp³-hybridized carbons (Fsp3) is 0.345. The maximum absolute atomic E-state index is 13.6. The van der Waals surface area contributed by atoms with Crippen molar-refractivity contribution in [1.29, 1.82) is 0 Å². The number of amides is 1. The van der Waals surface area contributed by atoms with E-state index in [9.17, 15) is 18.0 Å². The lowest BCUT2D eigenvalue weighted by Crippen LogP contribution is -2.40. The summed E-state index contributed by atoms with van der Waals surface area (Å²) in [6.07, 6.45) is 0.975. The Morgan fingerprint density at radius 1 is 1.00 bits per heavy atom. The number of aromatic nitrogens is 1. The number of Topliss-reactive ketones (excluding diaryl/α,β-unsaturated/α-hetero) is 1. The van der Waals surface area contributed by atoms with Gasteiger partial charge in [0.25, 0.3) is 15.9 Å². The van der Waals surface area contributed by atoms with Gasteiger partial charge in [-0.3, -0.25) is 9.59 Å². The first kappa shape index (κ1) is 27.3. The highest BCUT2D eigenvalue weighted by Gasteiger charge is 2.39. The molecule has 0 radical (unpaired) electrons. The minimum Gasteiger partial charge on any atom is -0.365 e. The number of anilines is 3. The molecule has 0 N–H and O–H groups in total. The molecule has 0 spiro atoms. The maximum atomic E-state index is 13.6. The second-order valence-electron chi connectivity index (χ2n) is 10.5. The van der Waals surface area contributed by atoms with Crippen LogP contribution in [0.15, 0.2) is 71.8 Å². The van der Waals surface area contributed by atoms with E-state index in [2.05, 4.69) is 30.7 Å². The predicted octanol–water partition coefficient (Wildman–Crippen LogP) is 5.14. The molecule has 1 aliphatic heterocycles. The molecule has 0 aliphatic carbocycles. The molecule has 1 aliphatic rings. The number of para-hydroxylation sites is 1. The van der Waals surface area contributed by atoms with Crippen LogP contribution in [0, 0.1) is 5.92 Å². The van der Waals surface area contributed by atoms with Crippen molar-refractivity contribution < 1.29 is 18.0 Å². The molecular weight excluding hydrogens is 500 g/mol. The van der Waals surface area contributed by atoms with Crippen LogP contribution in [0.4, 0.5) is 17.2 Å². The highest BCUT2D eigenvalue weighted by Crippen LogP contribution is 2.38. The first-order valence-corrected chi connectivity index (χ1v) is 14.0. The Bertz CT molecular complexity index is 1490. The van der Waals surface area contributed by atoms with E-state index in [1.165, 1.54) is 20.0 Å². The van der Waals surface area contributed by atoms with Crippen molar-refractivity contribution in [3.05, 3.63) is 77.9 Å². The van der Waals surface area contributed by atoms with Crippen molar-refractivity contribution in [1.82, 2.24) is 9.29 Å². The molecule has 3 aromatic rings. The van der Waals surface area contributed by atoms with Gasteiger partial charge in [-0.1, -0.05) is 37.3 Å². The normalized spacial score (nSPS) is 16.8. The van der Waals surface area contributed by atoms with Crippen molar-refractivity contribution in [3.63, 3.8) is 0 Å². The van der Waals surface area contributed by atoms with Gasteiger partial charge in [-0.2, -0.15) is 8.42 Å². The number of sulfonamides is 1. The van der Waals surface area contributed by atoms with E-state index in [0.29, 0.717) is 28.6 Å². The predicted molar refractivity (Wildman–Crippen MR) is 150 cm³/mol. The van der Waals surface area contributed by atoms with Gasteiger partial charge >= 0.3 is 0 Å². The Balaban J connectivity index is 1.65. The molecule has 0 saturated carbocycles. The molecular formula is C29H34N4O4S. The SMILES string of the molecule is CC(=O)c1cccc(N(C)c2cccc(S(=O)(=O)N(C)C(=O)c3ccccc3N3CC(C)CC3(C)C)n2)c1. The highest BCUT2D eigenvalue weighted by molar-refractivity contribution is 7.89. The average Bonchev–Trinajstić information content (AvgIpc) is 3.18. The molecule has 1 unspecified atom stereocenters. The van der Waals surface area contributed by atoms with Crippen LogP contribution in [0.2, 0.25) is 0 Å². The van der Waals surface area contributed by atoms with E-state index in [-0.39, 0.29) is 16.3 Å². The van der Waals surface area contributed by atoms with Crippen LogP contribution in [0.3, 0.4) is 0 Å². The molecule has 2 aromatic carbocycles. The summed E-state index contributed by atoms with van der Waals surface area (Å²) in [7, 11) is -1.25. The van der Waals surface area contributed by atoms with Crippen LogP contribution in [-0.4, -0.2) is 55.6 Å². The van der Waals surface area contributed by atoms with E-state index in [4.69, 9.17) is 0 Å². The monoisotopic (exact) mass is 534 g/mol. The fourth-order valence-corrected chi connectivity index (χ4v) is 6.18. The summed E-state index contributed by atoms with van der Waals surface area (Å²) in [4.78, 5) is 33.7. The summed E-state index contributed by atoms with van der Waals surface area (Å²) in [5, 5.41) is -0.243. The van der Waals surface area contributed by atoms with Gasteiger partial charge < -0.3 is 9.80 Å². The van der Waals surface area contributed by atoms with Crippen LogP contribution in [-0.2, 0) is 10.0 Å². The van der Waals surface area contributed by atoms with Gasteiger partial charge in [0.1, 0.15) is 5.82 Å². The van der Waals surface area contributed by atoms with E-state index >= 15 is 0 Å². The number of nitrogens with zero attached hydrogens (tertiary/aromatic N) is 4. The minimum absolute atomic E-state index is 0.0725. The second-order valence-corrected chi connectivity index (χ2v) is 12.4. The average molecular weight is 535 g/mol. The molecule has 1 fully saturated rings. The fourth-order valence-electron chi connectivity index (χ4n) is 5.12. The maximum Gasteiger partial charge on any atom is 0.284 e. The lowest BCUT2D eigenvalue weighted by atomic mass is 9.97. The lowest BCUT2D eigenvalue weighted by Gasteiger charge is -2.35. The molecule has 200 valence electrons. The summed E-state index contributed by atoms with van der Waals surface area (Å²) in [6, 6.07) is 18.8. The first-order valence-electron chi connectivity index (χ1n) is 12.5. The van der Waals surface area contributed by atoms with Crippen molar-refractivity contribution in [3.8, 4) is 0 Å². The van der Waals surface area contributed by atoms with Crippen LogP contribution >= 0.6 is 0 Å². The summed E-state index contributed by atoms with van der Waals surface area (Å²) in [5.74, 6) is 0.123. The number of rotatable bonds is 7. The molecule has 0 bridgehead atoms. The van der Waals surface area contributed by atoms with Crippen molar-refractivity contribution in [2.75, 3.05) is 30.4 Å². The van der Waals surface area contributed by atoms with Crippen LogP contribution in [0.5, 0.6) is 0 Å². The van der Waals surface area contributed by atoms with Crippen LogP contribution < -0.4 is 9.80 Å². The van der Waals surface area contributed by atoms with Crippen LogP contribution in [0.1, 0.15) is 54.8 Å². The molecule has 1 atom stereocenters. The van der Waals surface area contributed by atoms with Gasteiger partial charge in [-0.15, -0.1) is 0 Å². The molecule has 4 rings (SSSR count). The molecule has 2 heterocycles. The Labute approximate surface area is 225 Å². The van der Waals surface area contributed by atoms with E-state index in [1.54, 1.807) is 54.4 Å². The molecule has 9 heteroatoms. The highest BCUT2D eigenvalue weighted by atomic mass is 32.2. The number of benzene rings is 2. The summed E-state index contributed by atoms with van der Waals surface area (Å²) >= 11 is 0. The minimum atomic E-state index is -4.25. The first-order chi connectivity index (χ1) is 17.8. The third-order valence-electron chi connectivity index (χ3n) is 7.10. The number of pyridine rings is 1. The van der Waals surface area contributed by atoms with Crippen molar-refractivity contribution in [2.45, 2.75) is 44.7 Å². The standard InChI is InChI=1S/C29H34N4O4S/c1-20-18-29(3,4)33(19-20)25-14-8-7-13-24(25)28(35)32(6)38(36,37)27-16-10-15-26(30-27)31(5)23-12-9-11-22(17-23)21(2)34/h7-17,20H,18-19H2,1-6H3.